The van der Waals surface area contributed by atoms with Crippen LogP contribution in [0.15, 0.2) is 78.9 Å². The molecule has 1 saturated heterocycles. The van der Waals surface area contributed by atoms with Crippen LogP contribution >= 0.6 is 0 Å². The molecule has 0 saturated carbocycles. The van der Waals surface area contributed by atoms with Crippen molar-refractivity contribution in [2.75, 3.05) is 19.6 Å². The van der Waals surface area contributed by atoms with Crippen molar-refractivity contribution >= 4 is 5.91 Å². The van der Waals surface area contributed by atoms with Crippen molar-refractivity contribution in [1.29, 1.82) is 0 Å². The van der Waals surface area contributed by atoms with Crippen molar-refractivity contribution in [3.05, 3.63) is 107 Å². The van der Waals surface area contributed by atoms with Gasteiger partial charge in [0.2, 0.25) is 5.91 Å². The van der Waals surface area contributed by atoms with Crippen LogP contribution in [0.5, 0.6) is 0 Å². The maximum atomic E-state index is 13.9. The summed E-state index contributed by atoms with van der Waals surface area (Å²) in [5.74, 6) is -1.47. The highest BCUT2D eigenvalue weighted by Crippen LogP contribution is 2.39. The lowest BCUT2D eigenvalue weighted by atomic mass is 9.75. The van der Waals surface area contributed by atoms with Gasteiger partial charge in [0.15, 0.2) is 0 Å². The fourth-order valence-electron chi connectivity index (χ4n) is 4.95. The van der Waals surface area contributed by atoms with E-state index in [1.807, 2.05) is 60.7 Å². The Hall–Kier alpha value is -3.23. The quantitative estimate of drug-likeness (QED) is 0.444. The molecule has 1 fully saturated rings. The number of halogens is 4. The highest BCUT2D eigenvalue weighted by molar-refractivity contribution is 5.78. The molecular weight excluding hydrogens is 472 g/mol. The third kappa shape index (κ3) is 6.12. The largest absolute Gasteiger partial charge is 0.416 e. The van der Waals surface area contributed by atoms with E-state index in [9.17, 15) is 22.4 Å². The van der Waals surface area contributed by atoms with Crippen LogP contribution in [-0.2, 0) is 22.3 Å². The van der Waals surface area contributed by atoms with Gasteiger partial charge in [-0.15, -0.1) is 0 Å². The number of ether oxygens (including phenoxy) is 1. The normalized spacial score (nSPS) is 18.4. The number of alkyl halides is 3. The lowest BCUT2D eigenvalue weighted by molar-refractivity contribution is -0.137. The maximum Gasteiger partial charge on any atom is 0.416 e. The van der Waals surface area contributed by atoms with Gasteiger partial charge in [-0.05, 0) is 41.3 Å². The van der Waals surface area contributed by atoms with Gasteiger partial charge < -0.3 is 15.4 Å². The Morgan fingerprint density at radius 1 is 1.00 bits per heavy atom. The first-order valence-corrected chi connectivity index (χ1v) is 11.8. The highest BCUT2D eigenvalue weighted by atomic mass is 19.4. The van der Waals surface area contributed by atoms with Crippen molar-refractivity contribution in [1.82, 2.24) is 4.90 Å². The van der Waals surface area contributed by atoms with Crippen LogP contribution in [-0.4, -0.2) is 36.5 Å². The summed E-state index contributed by atoms with van der Waals surface area (Å²) < 4.78 is 59.7. The number of carbonyl (C=O) groups is 1. The molecule has 3 aromatic rings. The molecule has 0 aliphatic carbocycles. The smallest absolute Gasteiger partial charge is 0.373 e. The Kier molecular flexibility index (Phi) is 8.06. The van der Waals surface area contributed by atoms with Gasteiger partial charge in [-0.2, -0.15) is 13.2 Å². The van der Waals surface area contributed by atoms with E-state index in [1.54, 1.807) is 4.90 Å². The molecule has 0 aromatic heterocycles. The van der Waals surface area contributed by atoms with Gasteiger partial charge in [-0.1, -0.05) is 60.7 Å². The van der Waals surface area contributed by atoms with E-state index in [0.717, 1.165) is 23.3 Å². The SMILES string of the molecule is NCC(=O)N1CCC(OCc2cc(F)cc(C(F)(F)F)c2)C(C(c2ccccc2)c2ccccc2)C1. The van der Waals surface area contributed by atoms with E-state index in [0.29, 0.717) is 25.6 Å². The van der Waals surface area contributed by atoms with E-state index in [4.69, 9.17) is 10.5 Å². The minimum Gasteiger partial charge on any atom is -0.373 e. The number of benzene rings is 3. The standard InChI is InChI=1S/C28H28F4N2O2/c29-23-14-19(13-22(15-23)28(30,31)32)18-36-25-11-12-34(26(35)16-33)17-24(25)27(20-7-3-1-4-8-20)21-9-5-2-6-10-21/h1-10,13-15,24-25,27H,11-12,16-18,33H2. The zero-order valence-electron chi connectivity index (χ0n) is 19.6. The predicted octanol–water partition coefficient (Wildman–Crippen LogP) is 5.37. The minimum atomic E-state index is -4.65. The maximum absolute atomic E-state index is 13.9. The summed E-state index contributed by atoms with van der Waals surface area (Å²) in [7, 11) is 0. The van der Waals surface area contributed by atoms with Crippen molar-refractivity contribution in [3.63, 3.8) is 0 Å². The molecule has 2 N–H and O–H groups in total. The molecular formula is C28H28F4N2O2. The van der Waals surface area contributed by atoms with Crippen LogP contribution in [0.3, 0.4) is 0 Å². The number of piperidine rings is 1. The van der Waals surface area contributed by atoms with Crippen molar-refractivity contribution in [2.45, 2.75) is 31.2 Å². The second-order valence-electron chi connectivity index (χ2n) is 8.99. The zero-order valence-corrected chi connectivity index (χ0v) is 19.6. The molecule has 1 aliphatic rings. The van der Waals surface area contributed by atoms with Gasteiger partial charge in [-0.25, -0.2) is 4.39 Å². The number of nitrogens with two attached hydrogens (primary N) is 1. The Bertz CT molecular complexity index is 1120. The fraction of sp³-hybridized carbons (Fsp3) is 0.321. The van der Waals surface area contributed by atoms with Crippen LogP contribution in [0.25, 0.3) is 0 Å². The third-order valence-electron chi connectivity index (χ3n) is 6.61. The third-order valence-corrected chi connectivity index (χ3v) is 6.61. The van der Waals surface area contributed by atoms with Crippen LogP contribution in [0.2, 0.25) is 0 Å². The number of rotatable bonds is 7. The van der Waals surface area contributed by atoms with Gasteiger partial charge in [0.1, 0.15) is 5.82 Å². The first-order valence-electron chi connectivity index (χ1n) is 11.8. The minimum absolute atomic E-state index is 0.108. The summed E-state index contributed by atoms with van der Waals surface area (Å²) in [4.78, 5) is 14.2. The Balaban J connectivity index is 1.66. The van der Waals surface area contributed by atoms with Crippen LogP contribution < -0.4 is 5.73 Å². The Labute approximate surface area is 207 Å². The molecule has 0 bridgehead atoms. The molecule has 3 aromatic carbocycles. The molecule has 1 aliphatic heterocycles. The van der Waals surface area contributed by atoms with Crippen LogP contribution in [0.1, 0.15) is 34.6 Å². The number of hydrogen-bond donors (Lipinski definition) is 1. The van der Waals surface area contributed by atoms with Gasteiger partial charge in [-0.3, -0.25) is 4.79 Å². The summed E-state index contributed by atoms with van der Waals surface area (Å²) in [6, 6.07) is 22.1. The van der Waals surface area contributed by atoms with Crippen LogP contribution in [0, 0.1) is 11.7 Å². The lowest BCUT2D eigenvalue weighted by Gasteiger charge is -2.42. The second-order valence-corrected chi connectivity index (χ2v) is 8.99. The summed E-state index contributed by atoms with van der Waals surface area (Å²) in [6.45, 7) is 0.517. The average Bonchev–Trinajstić information content (AvgIpc) is 2.88. The highest BCUT2D eigenvalue weighted by Gasteiger charge is 2.38. The summed E-state index contributed by atoms with van der Waals surface area (Å²) in [6.07, 6.45) is -4.55. The lowest BCUT2D eigenvalue weighted by Crippen LogP contribution is -2.50. The summed E-state index contributed by atoms with van der Waals surface area (Å²) in [5, 5.41) is 0. The van der Waals surface area contributed by atoms with E-state index >= 15 is 0 Å². The molecule has 4 rings (SSSR count). The summed E-state index contributed by atoms with van der Waals surface area (Å²) >= 11 is 0. The number of hydrogen-bond acceptors (Lipinski definition) is 3. The fourth-order valence-corrected chi connectivity index (χ4v) is 4.95. The molecule has 190 valence electrons. The Morgan fingerprint density at radius 2 is 1.61 bits per heavy atom. The Morgan fingerprint density at radius 3 is 2.17 bits per heavy atom. The molecule has 36 heavy (non-hydrogen) atoms. The predicted molar refractivity (Wildman–Crippen MR) is 128 cm³/mol. The zero-order chi connectivity index (χ0) is 25.7. The van der Waals surface area contributed by atoms with E-state index in [2.05, 4.69) is 0 Å². The molecule has 4 nitrogen and oxygen atoms in total. The topological polar surface area (TPSA) is 55.6 Å². The van der Waals surface area contributed by atoms with Crippen molar-refractivity contribution in [3.8, 4) is 0 Å². The van der Waals surface area contributed by atoms with Crippen LogP contribution in [0.4, 0.5) is 17.6 Å². The molecule has 1 amide bonds. The van der Waals surface area contributed by atoms with E-state index < -0.39 is 17.6 Å². The van der Waals surface area contributed by atoms with Crippen molar-refractivity contribution in [2.24, 2.45) is 11.7 Å². The molecule has 2 unspecified atom stereocenters. The molecule has 0 radical (unpaired) electrons. The van der Waals surface area contributed by atoms with Gasteiger partial charge >= 0.3 is 6.18 Å². The van der Waals surface area contributed by atoms with E-state index in [-0.39, 0.29) is 42.6 Å². The van der Waals surface area contributed by atoms with Gasteiger partial charge in [0.25, 0.3) is 0 Å². The number of amides is 1. The average molecular weight is 501 g/mol. The molecule has 0 spiro atoms. The van der Waals surface area contributed by atoms with Crippen molar-refractivity contribution < 1.29 is 27.1 Å². The molecule has 8 heteroatoms. The monoisotopic (exact) mass is 500 g/mol. The first kappa shape index (κ1) is 25.9. The molecule has 1 heterocycles. The summed E-state index contributed by atoms with van der Waals surface area (Å²) in [5.41, 5.74) is 6.76. The van der Waals surface area contributed by atoms with Gasteiger partial charge in [0, 0.05) is 24.9 Å². The number of carbonyl (C=O) groups excluding carboxylic acids is 1. The first-order chi connectivity index (χ1) is 17.3. The number of likely N-dealkylation sites (tertiary alicyclic amines) is 1. The second kappa shape index (κ2) is 11.2. The van der Waals surface area contributed by atoms with E-state index in [1.165, 1.54) is 0 Å². The van der Waals surface area contributed by atoms with Gasteiger partial charge in [0.05, 0.1) is 24.8 Å². The molecule has 2 atom stereocenters. The number of nitrogens with zero attached hydrogens (tertiary/aromatic N) is 1.